The van der Waals surface area contributed by atoms with Gasteiger partial charge in [-0.1, -0.05) is 6.92 Å². The first-order chi connectivity index (χ1) is 11.4. The van der Waals surface area contributed by atoms with Gasteiger partial charge >= 0.3 is 0 Å². The zero-order valence-electron chi connectivity index (χ0n) is 14.1. The molecule has 1 fully saturated rings. The number of nitrogens with two attached hydrogens (primary N) is 1. The second kappa shape index (κ2) is 7.96. The number of benzene rings is 1. The summed E-state index contributed by atoms with van der Waals surface area (Å²) in [5.41, 5.74) is 6.48. The number of sulfonamides is 1. The molecule has 1 aromatic carbocycles. The van der Waals surface area contributed by atoms with E-state index in [1.807, 2.05) is 0 Å². The number of amides is 1. The van der Waals surface area contributed by atoms with Crippen LogP contribution in [0.2, 0.25) is 0 Å². The topological polar surface area (TPSA) is 102 Å². The van der Waals surface area contributed by atoms with Crippen molar-refractivity contribution in [1.82, 2.24) is 9.62 Å². The number of hydrogen-bond donors (Lipinski definition) is 2. The van der Waals surface area contributed by atoms with Crippen molar-refractivity contribution in [2.45, 2.75) is 43.7 Å². The summed E-state index contributed by atoms with van der Waals surface area (Å²) in [5, 5.41) is 2.74. The molecule has 0 radical (unpaired) electrons. The molecule has 0 unspecified atom stereocenters. The van der Waals surface area contributed by atoms with Crippen LogP contribution in [0.1, 0.15) is 31.7 Å². The van der Waals surface area contributed by atoms with Crippen LogP contribution in [0.15, 0.2) is 23.1 Å². The highest BCUT2D eigenvalue weighted by molar-refractivity contribution is 7.89. The van der Waals surface area contributed by atoms with Gasteiger partial charge < -0.3 is 15.8 Å². The Bertz CT molecular complexity index is 683. The fourth-order valence-corrected chi connectivity index (χ4v) is 4.16. The van der Waals surface area contributed by atoms with Gasteiger partial charge in [-0.15, -0.1) is 0 Å². The van der Waals surface area contributed by atoms with Crippen molar-refractivity contribution in [1.29, 1.82) is 0 Å². The summed E-state index contributed by atoms with van der Waals surface area (Å²) in [4.78, 5) is 11.7. The predicted octanol–water partition coefficient (Wildman–Crippen LogP) is 0.833. The molecule has 0 aromatic heterocycles. The van der Waals surface area contributed by atoms with Crippen LogP contribution in [0.5, 0.6) is 5.75 Å². The van der Waals surface area contributed by atoms with E-state index < -0.39 is 10.0 Å². The van der Waals surface area contributed by atoms with E-state index in [1.165, 1.54) is 17.5 Å². The van der Waals surface area contributed by atoms with E-state index in [-0.39, 0.29) is 23.4 Å². The molecule has 134 valence electrons. The smallest absolute Gasteiger partial charge is 0.243 e. The lowest BCUT2D eigenvalue weighted by Gasteiger charge is -2.29. The SMILES string of the molecule is CCC(=O)NCc1cc(S(=O)(=O)N2CCC(N)CC2)ccc1OC. The Morgan fingerprint density at radius 2 is 2.04 bits per heavy atom. The number of hydrogen-bond acceptors (Lipinski definition) is 5. The first kappa shape index (κ1) is 18.7. The minimum Gasteiger partial charge on any atom is -0.496 e. The second-order valence-electron chi connectivity index (χ2n) is 5.85. The van der Waals surface area contributed by atoms with Crippen LogP contribution < -0.4 is 15.8 Å². The number of nitrogens with one attached hydrogen (secondary N) is 1. The number of methoxy groups -OCH3 is 1. The Morgan fingerprint density at radius 1 is 1.38 bits per heavy atom. The van der Waals surface area contributed by atoms with E-state index in [1.54, 1.807) is 19.1 Å². The molecule has 0 aliphatic carbocycles. The van der Waals surface area contributed by atoms with Crippen LogP contribution in [0, 0.1) is 0 Å². The maximum absolute atomic E-state index is 12.8. The van der Waals surface area contributed by atoms with Crippen LogP contribution in [-0.4, -0.2) is 44.9 Å². The summed E-state index contributed by atoms with van der Waals surface area (Å²) in [6.45, 7) is 2.84. The van der Waals surface area contributed by atoms with Gasteiger partial charge in [0.1, 0.15) is 5.75 Å². The molecule has 7 nitrogen and oxygen atoms in total. The van der Waals surface area contributed by atoms with Gasteiger partial charge in [-0.3, -0.25) is 4.79 Å². The molecule has 3 N–H and O–H groups in total. The van der Waals surface area contributed by atoms with E-state index in [0.717, 1.165) is 0 Å². The minimum absolute atomic E-state index is 0.0622. The van der Waals surface area contributed by atoms with Crippen molar-refractivity contribution in [3.05, 3.63) is 23.8 Å². The Morgan fingerprint density at radius 3 is 2.62 bits per heavy atom. The van der Waals surface area contributed by atoms with Crippen molar-refractivity contribution < 1.29 is 17.9 Å². The van der Waals surface area contributed by atoms with E-state index >= 15 is 0 Å². The van der Waals surface area contributed by atoms with Crippen LogP contribution in [0.4, 0.5) is 0 Å². The summed E-state index contributed by atoms with van der Waals surface area (Å²) in [5.74, 6) is 0.446. The van der Waals surface area contributed by atoms with Gasteiger partial charge in [-0.05, 0) is 31.0 Å². The largest absolute Gasteiger partial charge is 0.496 e. The van der Waals surface area contributed by atoms with Gasteiger partial charge in [-0.25, -0.2) is 8.42 Å². The van der Waals surface area contributed by atoms with Crippen molar-refractivity contribution in [2.75, 3.05) is 20.2 Å². The third kappa shape index (κ3) is 4.25. The van der Waals surface area contributed by atoms with E-state index in [2.05, 4.69) is 5.32 Å². The zero-order chi connectivity index (χ0) is 17.7. The maximum Gasteiger partial charge on any atom is 0.243 e. The standard InChI is InChI=1S/C16H25N3O4S/c1-3-16(20)18-11-12-10-14(4-5-15(12)23-2)24(21,22)19-8-6-13(17)7-9-19/h4-5,10,13H,3,6-9,11,17H2,1-2H3,(H,18,20). The number of piperidine rings is 1. The van der Waals surface area contributed by atoms with Crippen LogP contribution in [-0.2, 0) is 21.4 Å². The first-order valence-corrected chi connectivity index (χ1v) is 9.51. The van der Waals surface area contributed by atoms with Crippen LogP contribution >= 0.6 is 0 Å². The molecule has 0 atom stereocenters. The van der Waals surface area contributed by atoms with Gasteiger partial charge in [-0.2, -0.15) is 4.31 Å². The van der Waals surface area contributed by atoms with E-state index in [9.17, 15) is 13.2 Å². The normalized spacial score (nSPS) is 16.8. The quantitative estimate of drug-likeness (QED) is 0.787. The minimum atomic E-state index is -3.57. The van der Waals surface area contributed by atoms with Crippen LogP contribution in [0.3, 0.4) is 0 Å². The molecular weight excluding hydrogens is 330 g/mol. The van der Waals surface area contributed by atoms with E-state index in [0.29, 0.717) is 43.7 Å². The highest BCUT2D eigenvalue weighted by Crippen LogP contribution is 2.26. The molecule has 0 spiro atoms. The highest BCUT2D eigenvalue weighted by Gasteiger charge is 2.28. The summed E-state index contributed by atoms with van der Waals surface area (Å²) >= 11 is 0. The number of carbonyl (C=O) groups is 1. The van der Waals surface area contributed by atoms with Gasteiger partial charge in [0.15, 0.2) is 0 Å². The molecule has 1 amide bonds. The average Bonchev–Trinajstić information content (AvgIpc) is 2.59. The molecule has 1 aliphatic rings. The molecular formula is C16H25N3O4S. The highest BCUT2D eigenvalue weighted by atomic mass is 32.2. The van der Waals surface area contributed by atoms with Gasteiger partial charge in [0, 0.05) is 37.7 Å². The predicted molar refractivity (Wildman–Crippen MR) is 91.1 cm³/mol. The fraction of sp³-hybridized carbons (Fsp3) is 0.562. The van der Waals surface area contributed by atoms with Crippen molar-refractivity contribution in [3.8, 4) is 5.75 Å². The molecule has 24 heavy (non-hydrogen) atoms. The molecule has 1 heterocycles. The van der Waals surface area contributed by atoms with Crippen LogP contribution in [0.25, 0.3) is 0 Å². The molecule has 0 saturated carbocycles. The Kier molecular flexibility index (Phi) is 6.20. The molecule has 1 aliphatic heterocycles. The molecule has 8 heteroatoms. The Balaban J connectivity index is 2.24. The lowest BCUT2D eigenvalue weighted by molar-refractivity contribution is -0.120. The number of carbonyl (C=O) groups excluding carboxylic acids is 1. The number of rotatable bonds is 6. The van der Waals surface area contributed by atoms with Crippen molar-refractivity contribution in [3.63, 3.8) is 0 Å². The Labute approximate surface area is 143 Å². The van der Waals surface area contributed by atoms with Gasteiger partial charge in [0.25, 0.3) is 0 Å². The number of nitrogens with zero attached hydrogens (tertiary/aromatic N) is 1. The summed E-state index contributed by atoms with van der Waals surface area (Å²) in [6, 6.07) is 4.79. The lowest BCUT2D eigenvalue weighted by atomic mass is 10.1. The van der Waals surface area contributed by atoms with Crippen molar-refractivity contribution in [2.24, 2.45) is 5.73 Å². The summed E-state index contributed by atoms with van der Waals surface area (Å²) in [6.07, 6.45) is 1.69. The van der Waals surface area contributed by atoms with Gasteiger partial charge in [0.05, 0.1) is 12.0 Å². The average molecular weight is 355 g/mol. The molecule has 2 rings (SSSR count). The monoisotopic (exact) mass is 355 g/mol. The molecule has 0 bridgehead atoms. The lowest BCUT2D eigenvalue weighted by Crippen LogP contribution is -2.42. The summed E-state index contributed by atoms with van der Waals surface area (Å²) in [7, 11) is -2.05. The summed E-state index contributed by atoms with van der Waals surface area (Å²) < 4.78 is 32.3. The van der Waals surface area contributed by atoms with E-state index in [4.69, 9.17) is 10.5 Å². The molecule has 1 saturated heterocycles. The zero-order valence-corrected chi connectivity index (χ0v) is 14.9. The molecule has 1 aromatic rings. The first-order valence-electron chi connectivity index (χ1n) is 8.07. The third-order valence-electron chi connectivity index (χ3n) is 4.19. The second-order valence-corrected chi connectivity index (χ2v) is 7.78. The number of ether oxygens (including phenoxy) is 1. The maximum atomic E-state index is 12.8. The van der Waals surface area contributed by atoms with Crippen molar-refractivity contribution >= 4 is 15.9 Å². The fourth-order valence-electron chi connectivity index (χ4n) is 2.64. The van der Waals surface area contributed by atoms with Gasteiger partial charge in [0.2, 0.25) is 15.9 Å². The Hall–Kier alpha value is -1.64. The third-order valence-corrected chi connectivity index (χ3v) is 6.08.